The van der Waals surface area contributed by atoms with Gasteiger partial charge in [-0.25, -0.2) is 8.42 Å². The van der Waals surface area contributed by atoms with Crippen LogP contribution in [0.4, 0.5) is 0 Å². The molecule has 23 heavy (non-hydrogen) atoms. The van der Waals surface area contributed by atoms with Crippen molar-refractivity contribution in [2.45, 2.75) is 37.0 Å². The van der Waals surface area contributed by atoms with Gasteiger partial charge in [0.15, 0.2) is 0 Å². The lowest BCUT2D eigenvalue weighted by Gasteiger charge is -2.31. The third kappa shape index (κ3) is 3.75. The van der Waals surface area contributed by atoms with Crippen molar-refractivity contribution < 1.29 is 13.2 Å². The van der Waals surface area contributed by atoms with Crippen LogP contribution in [0.5, 0.6) is 0 Å². The first kappa shape index (κ1) is 16.5. The summed E-state index contributed by atoms with van der Waals surface area (Å²) in [7, 11) is -3.39. The molecule has 2 aliphatic heterocycles. The average molecular weight is 336 g/mol. The summed E-state index contributed by atoms with van der Waals surface area (Å²) in [5.41, 5.74) is 0. The quantitative estimate of drug-likeness (QED) is 0.846. The zero-order valence-electron chi connectivity index (χ0n) is 13.4. The second kappa shape index (κ2) is 7.01. The number of hydrogen-bond donors (Lipinski definition) is 0. The van der Waals surface area contributed by atoms with E-state index in [4.69, 9.17) is 0 Å². The van der Waals surface area contributed by atoms with Crippen molar-refractivity contribution in [3.63, 3.8) is 0 Å². The number of hydrogen-bond acceptors (Lipinski definition) is 3. The van der Waals surface area contributed by atoms with Crippen molar-refractivity contribution in [1.82, 2.24) is 9.21 Å². The average Bonchev–Trinajstić information content (AvgIpc) is 3.11. The molecular formula is C17H24N2O3S. The largest absolute Gasteiger partial charge is 0.343 e. The SMILES string of the molecule is O=C(CC1CCN(S(=O)(=O)c2ccccc2)CC1)N1CCCC1. The fourth-order valence-electron chi connectivity index (χ4n) is 3.44. The van der Waals surface area contributed by atoms with Gasteiger partial charge in [-0.2, -0.15) is 4.31 Å². The van der Waals surface area contributed by atoms with Gasteiger partial charge in [0.25, 0.3) is 0 Å². The number of carbonyl (C=O) groups is 1. The molecule has 0 bridgehead atoms. The Kier molecular flexibility index (Phi) is 5.02. The number of likely N-dealkylation sites (tertiary alicyclic amines) is 1. The van der Waals surface area contributed by atoms with Gasteiger partial charge in [-0.15, -0.1) is 0 Å². The number of carbonyl (C=O) groups excluding carboxylic acids is 1. The van der Waals surface area contributed by atoms with Gasteiger partial charge in [0.05, 0.1) is 4.90 Å². The molecule has 0 N–H and O–H groups in total. The van der Waals surface area contributed by atoms with Gasteiger partial charge in [0.2, 0.25) is 15.9 Å². The van der Waals surface area contributed by atoms with Crippen molar-refractivity contribution in [3.8, 4) is 0 Å². The lowest BCUT2D eigenvalue weighted by atomic mass is 9.94. The molecule has 5 nitrogen and oxygen atoms in total. The van der Waals surface area contributed by atoms with E-state index in [1.54, 1.807) is 28.6 Å². The smallest absolute Gasteiger partial charge is 0.243 e. The third-order valence-electron chi connectivity index (χ3n) is 4.88. The molecule has 0 unspecified atom stereocenters. The Morgan fingerprint density at radius 1 is 1.00 bits per heavy atom. The maximum atomic E-state index is 12.6. The molecule has 0 aliphatic carbocycles. The van der Waals surface area contributed by atoms with Gasteiger partial charge >= 0.3 is 0 Å². The number of sulfonamides is 1. The van der Waals surface area contributed by atoms with Crippen LogP contribution in [0.3, 0.4) is 0 Å². The van der Waals surface area contributed by atoms with Crippen LogP contribution in [0.2, 0.25) is 0 Å². The first-order chi connectivity index (χ1) is 11.1. The van der Waals surface area contributed by atoms with E-state index in [0.717, 1.165) is 38.8 Å². The Morgan fingerprint density at radius 2 is 1.61 bits per heavy atom. The standard InChI is InChI=1S/C17H24N2O3S/c20-17(18-10-4-5-11-18)14-15-8-12-19(13-9-15)23(21,22)16-6-2-1-3-7-16/h1-3,6-7,15H,4-5,8-14H2. The van der Waals surface area contributed by atoms with E-state index in [0.29, 0.717) is 30.3 Å². The molecule has 126 valence electrons. The number of nitrogens with zero attached hydrogens (tertiary/aromatic N) is 2. The van der Waals surface area contributed by atoms with E-state index in [2.05, 4.69) is 0 Å². The Balaban J connectivity index is 1.55. The highest BCUT2D eigenvalue weighted by Gasteiger charge is 2.31. The molecule has 2 fully saturated rings. The minimum absolute atomic E-state index is 0.242. The van der Waals surface area contributed by atoms with Gasteiger partial charge < -0.3 is 4.90 Å². The first-order valence-corrected chi connectivity index (χ1v) is 9.84. The topological polar surface area (TPSA) is 57.7 Å². The van der Waals surface area contributed by atoms with Crippen LogP contribution < -0.4 is 0 Å². The highest BCUT2D eigenvalue weighted by molar-refractivity contribution is 7.89. The second-order valence-corrected chi connectivity index (χ2v) is 8.39. The Hall–Kier alpha value is -1.40. The van der Waals surface area contributed by atoms with Gasteiger partial charge in [0.1, 0.15) is 0 Å². The van der Waals surface area contributed by atoms with Crippen LogP contribution in [0.25, 0.3) is 0 Å². The first-order valence-electron chi connectivity index (χ1n) is 8.40. The highest BCUT2D eigenvalue weighted by Crippen LogP contribution is 2.26. The van der Waals surface area contributed by atoms with Crippen LogP contribution in [-0.2, 0) is 14.8 Å². The van der Waals surface area contributed by atoms with Gasteiger partial charge in [-0.3, -0.25) is 4.79 Å². The van der Waals surface area contributed by atoms with E-state index in [1.165, 1.54) is 0 Å². The van der Waals surface area contributed by atoms with E-state index in [1.807, 2.05) is 11.0 Å². The summed E-state index contributed by atoms with van der Waals surface area (Å²) < 4.78 is 26.7. The summed E-state index contributed by atoms with van der Waals surface area (Å²) in [5, 5.41) is 0. The predicted molar refractivity (Wildman–Crippen MR) is 88.4 cm³/mol. The zero-order chi connectivity index (χ0) is 16.3. The van der Waals surface area contributed by atoms with Crippen LogP contribution in [0.15, 0.2) is 35.2 Å². The molecule has 2 heterocycles. The molecule has 0 radical (unpaired) electrons. The number of piperidine rings is 1. The zero-order valence-corrected chi connectivity index (χ0v) is 14.2. The lowest BCUT2D eigenvalue weighted by Crippen LogP contribution is -2.40. The predicted octanol–water partition coefficient (Wildman–Crippen LogP) is 2.10. The molecule has 0 spiro atoms. The summed E-state index contributed by atoms with van der Waals surface area (Å²) in [5.74, 6) is 0.553. The fraction of sp³-hybridized carbons (Fsp3) is 0.588. The Bertz CT molecular complexity index is 631. The number of amides is 1. The maximum Gasteiger partial charge on any atom is 0.243 e. The highest BCUT2D eigenvalue weighted by atomic mass is 32.2. The molecule has 0 aromatic heterocycles. The maximum absolute atomic E-state index is 12.6. The van der Waals surface area contributed by atoms with Crippen LogP contribution >= 0.6 is 0 Å². The lowest BCUT2D eigenvalue weighted by molar-refractivity contribution is -0.131. The van der Waals surface area contributed by atoms with Crippen LogP contribution in [0, 0.1) is 5.92 Å². The summed E-state index contributed by atoms with van der Waals surface area (Å²) in [6.07, 6.45) is 4.33. The van der Waals surface area contributed by atoms with Gasteiger partial charge in [-0.1, -0.05) is 18.2 Å². The summed E-state index contributed by atoms with van der Waals surface area (Å²) >= 11 is 0. The number of benzene rings is 1. The van der Waals surface area contributed by atoms with Crippen molar-refractivity contribution in [1.29, 1.82) is 0 Å². The molecule has 1 aromatic rings. The summed E-state index contributed by atoms with van der Waals surface area (Å²) in [6, 6.07) is 8.58. The third-order valence-corrected chi connectivity index (χ3v) is 6.79. The van der Waals surface area contributed by atoms with Gasteiger partial charge in [0, 0.05) is 32.6 Å². The molecule has 0 saturated carbocycles. The minimum atomic E-state index is -3.39. The van der Waals surface area contributed by atoms with Crippen molar-refractivity contribution in [2.75, 3.05) is 26.2 Å². The fourth-order valence-corrected chi connectivity index (χ4v) is 4.93. The summed E-state index contributed by atoms with van der Waals surface area (Å²) in [4.78, 5) is 14.5. The minimum Gasteiger partial charge on any atom is -0.343 e. The molecule has 3 rings (SSSR count). The van der Waals surface area contributed by atoms with Crippen molar-refractivity contribution >= 4 is 15.9 Å². The normalized spacial score (nSPS) is 20.8. The van der Waals surface area contributed by atoms with E-state index < -0.39 is 10.0 Å². The summed E-state index contributed by atoms with van der Waals surface area (Å²) in [6.45, 7) is 2.80. The van der Waals surface area contributed by atoms with Crippen LogP contribution in [-0.4, -0.2) is 49.7 Å². The molecule has 2 saturated heterocycles. The molecular weight excluding hydrogens is 312 g/mol. The van der Waals surface area contributed by atoms with Gasteiger partial charge in [-0.05, 0) is 43.7 Å². The molecule has 1 aromatic carbocycles. The molecule has 1 amide bonds. The molecule has 2 aliphatic rings. The second-order valence-electron chi connectivity index (χ2n) is 6.45. The van der Waals surface area contributed by atoms with Crippen molar-refractivity contribution in [3.05, 3.63) is 30.3 Å². The Morgan fingerprint density at radius 3 is 2.22 bits per heavy atom. The van der Waals surface area contributed by atoms with E-state index in [-0.39, 0.29) is 5.91 Å². The monoisotopic (exact) mass is 336 g/mol. The van der Waals surface area contributed by atoms with Crippen molar-refractivity contribution in [2.24, 2.45) is 5.92 Å². The van der Waals surface area contributed by atoms with Crippen LogP contribution in [0.1, 0.15) is 32.1 Å². The Labute approximate surface area is 138 Å². The molecule has 6 heteroatoms. The van der Waals surface area contributed by atoms with E-state index in [9.17, 15) is 13.2 Å². The molecule has 0 atom stereocenters. The number of rotatable bonds is 4. The van der Waals surface area contributed by atoms with E-state index >= 15 is 0 Å².